The van der Waals surface area contributed by atoms with Gasteiger partial charge in [0.25, 0.3) is 0 Å². The number of Topliss-reactive ketones (excluding diaryl/α,β-unsaturated/α-hetero) is 1. The molecule has 0 saturated heterocycles. The number of ether oxygens (including phenoxy) is 2. The number of carbonyl (C=O) groups is 1. The predicted molar refractivity (Wildman–Crippen MR) is 49.4 cm³/mol. The Hall–Kier alpha value is -1.72. The first kappa shape index (κ1) is 12.4. The van der Waals surface area contributed by atoms with Crippen molar-refractivity contribution in [3.05, 3.63) is 23.0 Å². The molecule has 0 fully saturated rings. The first-order valence-electron chi connectivity index (χ1n) is 4.25. The average molecular weight is 234 g/mol. The van der Waals surface area contributed by atoms with Crippen LogP contribution in [0.2, 0.25) is 0 Å². The van der Waals surface area contributed by atoms with Crippen molar-refractivity contribution in [2.45, 2.75) is 6.92 Å². The third kappa shape index (κ3) is 1.70. The van der Waals surface area contributed by atoms with E-state index in [4.69, 9.17) is 0 Å². The fourth-order valence-corrected chi connectivity index (χ4v) is 1.30. The highest BCUT2D eigenvalue weighted by molar-refractivity contribution is 5.97. The lowest BCUT2D eigenvalue weighted by Gasteiger charge is -2.12. The molecule has 0 aliphatic heterocycles. The largest absolute Gasteiger partial charge is 0.493 e. The van der Waals surface area contributed by atoms with E-state index < -0.39 is 40.3 Å². The second-order valence-electron chi connectivity index (χ2n) is 2.94. The van der Waals surface area contributed by atoms with Gasteiger partial charge in [0, 0.05) is 0 Å². The summed E-state index contributed by atoms with van der Waals surface area (Å²) in [7, 11) is 2.02. The van der Waals surface area contributed by atoms with E-state index in [0.29, 0.717) is 0 Å². The number of ketones is 1. The second kappa shape index (κ2) is 4.42. The minimum atomic E-state index is -1.55. The highest BCUT2D eigenvalue weighted by Crippen LogP contribution is 2.35. The number of hydrogen-bond donors (Lipinski definition) is 0. The molecule has 0 aliphatic carbocycles. The van der Waals surface area contributed by atoms with Gasteiger partial charge in [-0.15, -0.1) is 0 Å². The van der Waals surface area contributed by atoms with Crippen molar-refractivity contribution >= 4 is 5.78 Å². The number of halogens is 3. The van der Waals surface area contributed by atoms with Gasteiger partial charge in [-0.2, -0.15) is 8.78 Å². The third-order valence-corrected chi connectivity index (χ3v) is 2.00. The van der Waals surface area contributed by atoms with Gasteiger partial charge in [-0.05, 0) is 6.92 Å². The number of carbonyl (C=O) groups excluding carboxylic acids is 1. The molecule has 0 amide bonds. The Balaban J connectivity index is 3.70. The maximum atomic E-state index is 13.5. The molecule has 1 aromatic rings. The predicted octanol–water partition coefficient (Wildman–Crippen LogP) is 2.32. The Morgan fingerprint density at radius 1 is 0.938 bits per heavy atom. The van der Waals surface area contributed by atoms with Gasteiger partial charge in [0.1, 0.15) is 5.56 Å². The van der Waals surface area contributed by atoms with Crippen LogP contribution in [0.15, 0.2) is 0 Å². The van der Waals surface area contributed by atoms with Gasteiger partial charge in [-0.25, -0.2) is 4.39 Å². The van der Waals surface area contributed by atoms with Gasteiger partial charge >= 0.3 is 0 Å². The summed E-state index contributed by atoms with van der Waals surface area (Å²) in [6.07, 6.45) is 0. The molecule has 0 N–H and O–H groups in total. The van der Waals surface area contributed by atoms with Gasteiger partial charge < -0.3 is 9.47 Å². The summed E-state index contributed by atoms with van der Waals surface area (Å²) in [5.41, 5.74) is -0.765. The fourth-order valence-electron chi connectivity index (χ4n) is 1.30. The Morgan fingerprint density at radius 2 is 1.44 bits per heavy atom. The molecule has 1 rings (SSSR count). The second-order valence-corrected chi connectivity index (χ2v) is 2.94. The first-order valence-corrected chi connectivity index (χ1v) is 4.25. The van der Waals surface area contributed by atoms with Crippen LogP contribution in [0.1, 0.15) is 17.3 Å². The number of benzene rings is 1. The minimum Gasteiger partial charge on any atom is -0.493 e. The molecule has 6 heteroatoms. The maximum absolute atomic E-state index is 13.5. The van der Waals surface area contributed by atoms with Gasteiger partial charge in [-0.3, -0.25) is 4.79 Å². The van der Waals surface area contributed by atoms with Crippen LogP contribution in [-0.2, 0) is 0 Å². The van der Waals surface area contributed by atoms with Crippen LogP contribution < -0.4 is 9.47 Å². The van der Waals surface area contributed by atoms with E-state index in [1.807, 2.05) is 0 Å². The normalized spacial score (nSPS) is 10.1. The highest BCUT2D eigenvalue weighted by atomic mass is 19.2. The summed E-state index contributed by atoms with van der Waals surface area (Å²) in [6.45, 7) is 0.978. The van der Waals surface area contributed by atoms with Gasteiger partial charge in [0.15, 0.2) is 23.1 Å². The zero-order valence-electron chi connectivity index (χ0n) is 8.86. The monoisotopic (exact) mass is 234 g/mol. The van der Waals surface area contributed by atoms with Crippen molar-refractivity contribution in [3.8, 4) is 11.5 Å². The van der Waals surface area contributed by atoms with Crippen molar-refractivity contribution in [1.82, 2.24) is 0 Å². The molecule has 0 spiro atoms. The minimum absolute atomic E-state index is 0.664. The molecule has 16 heavy (non-hydrogen) atoms. The molecule has 0 aliphatic rings. The van der Waals surface area contributed by atoms with Crippen LogP contribution in [0.3, 0.4) is 0 Å². The number of methoxy groups -OCH3 is 2. The van der Waals surface area contributed by atoms with E-state index in [1.54, 1.807) is 0 Å². The SMILES string of the molecule is COc1c(F)c(F)c(C(C)=O)c(OC)c1F. The summed E-state index contributed by atoms with van der Waals surface area (Å²) >= 11 is 0. The van der Waals surface area contributed by atoms with E-state index in [2.05, 4.69) is 9.47 Å². The van der Waals surface area contributed by atoms with E-state index in [0.717, 1.165) is 21.1 Å². The topological polar surface area (TPSA) is 35.5 Å². The molecule has 0 saturated carbocycles. The van der Waals surface area contributed by atoms with Crippen LogP contribution in [0.25, 0.3) is 0 Å². The first-order chi connectivity index (χ1) is 7.45. The standard InChI is InChI=1S/C10H9F3O3/c1-4(14)5-6(11)7(12)10(16-3)8(13)9(5)15-2/h1-3H3. The van der Waals surface area contributed by atoms with Gasteiger partial charge in [-0.1, -0.05) is 0 Å². The van der Waals surface area contributed by atoms with Crippen LogP contribution >= 0.6 is 0 Å². The Morgan fingerprint density at radius 3 is 1.81 bits per heavy atom. The Bertz CT molecular complexity index is 444. The van der Waals surface area contributed by atoms with Crippen molar-refractivity contribution in [2.24, 2.45) is 0 Å². The molecule has 0 bridgehead atoms. The van der Waals surface area contributed by atoms with Gasteiger partial charge in [0.2, 0.25) is 11.6 Å². The summed E-state index contributed by atoms with van der Waals surface area (Å²) in [5.74, 6) is -6.69. The molecular weight excluding hydrogens is 225 g/mol. The number of hydrogen-bond acceptors (Lipinski definition) is 3. The molecule has 3 nitrogen and oxygen atoms in total. The smallest absolute Gasteiger partial charge is 0.210 e. The van der Waals surface area contributed by atoms with E-state index in [1.165, 1.54) is 0 Å². The summed E-state index contributed by atoms with van der Waals surface area (Å²) < 4.78 is 49.1. The van der Waals surface area contributed by atoms with E-state index in [-0.39, 0.29) is 0 Å². The molecule has 0 radical (unpaired) electrons. The zero-order valence-corrected chi connectivity index (χ0v) is 8.86. The van der Waals surface area contributed by atoms with Crippen LogP contribution in [0.4, 0.5) is 13.2 Å². The summed E-state index contributed by atoms with van der Waals surface area (Å²) in [4.78, 5) is 11.1. The highest BCUT2D eigenvalue weighted by Gasteiger charge is 2.28. The van der Waals surface area contributed by atoms with Crippen LogP contribution in [-0.4, -0.2) is 20.0 Å². The van der Waals surface area contributed by atoms with Crippen molar-refractivity contribution in [2.75, 3.05) is 14.2 Å². The van der Waals surface area contributed by atoms with Crippen molar-refractivity contribution in [3.63, 3.8) is 0 Å². The molecule has 0 atom stereocenters. The third-order valence-electron chi connectivity index (χ3n) is 2.00. The lowest BCUT2D eigenvalue weighted by molar-refractivity contribution is 0.100. The molecule has 1 aromatic carbocycles. The number of rotatable bonds is 3. The fraction of sp³-hybridized carbons (Fsp3) is 0.300. The van der Waals surface area contributed by atoms with E-state index >= 15 is 0 Å². The molecule has 0 aromatic heterocycles. The zero-order chi connectivity index (χ0) is 12.5. The Labute approximate surface area is 89.8 Å². The van der Waals surface area contributed by atoms with Crippen molar-refractivity contribution < 1.29 is 27.4 Å². The molecule has 88 valence electrons. The lowest BCUT2D eigenvalue weighted by Crippen LogP contribution is -2.08. The van der Waals surface area contributed by atoms with E-state index in [9.17, 15) is 18.0 Å². The quantitative estimate of drug-likeness (QED) is 0.594. The lowest BCUT2D eigenvalue weighted by atomic mass is 10.1. The molecular formula is C10H9F3O3. The Kier molecular flexibility index (Phi) is 3.41. The summed E-state index contributed by atoms with van der Waals surface area (Å²) in [5, 5.41) is 0. The van der Waals surface area contributed by atoms with Crippen LogP contribution in [0, 0.1) is 17.5 Å². The molecule has 0 unspecified atom stereocenters. The summed E-state index contributed by atoms with van der Waals surface area (Å²) in [6, 6.07) is 0. The molecule has 0 heterocycles. The van der Waals surface area contributed by atoms with Gasteiger partial charge in [0.05, 0.1) is 14.2 Å². The maximum Gasteiger partial charge on any atom is 0.210 e. The van der Waals surface area contributed by atoms with Crippen LogP contribution in [0.5, 0.6) is 11.5 Å². The van der Waals surface area contributed by atoms with Crippen molar-refractivity contribution in [1.29, 1.82) is 0 Å². The average Bonchev–Trinajstić information content (AvgIpc) is 2.23.